The summed E-state index contributed by atoms with van der Waals surface area (Å²) in [4.78, 5) is 17.9. The summed E-state index contributed by atoms with van der Waals surface area (Å²) in [7, 11) is 0. The van der Waals surface area contributed by atoms with Crippen molar-refractivity contribution in [2.75, 3.05) is 32.8 Å². The maximum absolute atomic E-state index is 13.1. The predicted molar refractivity (Wildman–Crippen MR) is 92.4 cm³/mol. The van der Waals surface area contributed by atoms with Crippen molar-refractivity contribution in [2.45, 2.75) is 38.1 Å². The molecule has 24 heavy (non-hydrogen) atoms. The van der Waals surface area contributed by atoms with E-state index in [1.807, 2.05) is 12.1 Å². The summed E-state index contributed by atoms with van der Waals surface area (Å²) in [6.07, 6.45) is 6.30. The van der Waals surface area contributed by atoms with Crippen LogP contribution in [0.1, 0.15) is 41.6 Å². The molecule has 5 aliphatic rings. The zero-order chi connectivity index (χ0) is 16.1. The van der Waals surface area contributed by atoms with Crippen molar-refractivity contribution >= 4 is 5.91 Å². The topological polar surface area (TPSA) is 32.8 Å². The Morgan fingerprint density at radius 3 is 2.92 bits per heavy atom. The SMILES string of the molecule is O=C(c1ccc2c(c1)CCO2)N1C[C@@H]2CC[C@H](C1)N(CC1CC1)C2. The first-order valence-corrected chi connectivity index (χ1v) is 9.55. The maximum atomic E-state index is 13.1. The second-order valence-electron chi connectivity index (χ2n) is 8.13. The van der Waals surface area contributed by atoms with Crippen molar-refractivity contribution in [3.63, 3.8) is 0 Å². The van der Waals surface area contributed by atoms with Gasteiger partial charge < -0.3 is 9.64 Å². The van der Waals surface area contributed by atoms with Crippen molar-refractivity contribution < 1.29 is 9.53 Å². The fraction of sp³-hybridized carbons (Fsp3) is 0.650. The normalized spacial score (nSPS) is 29.2. The molecule has 128 valence electrons. The van der Waals surface area contributed by atoms with Crippen molar-refractivity contribution in [3.8, 4) is 5.75 Å². The van der Waals surface area contributed by atoms with Gasteiger partial charge in [-0.1, -0.05) is 0 Å². The maximum Gasteiger partial charge on any atom is 0.253 e. The van der Waals surface area contributed by atoms with Crippen LogP contribution >= 0.6 is 0 Å². The molecule has 2 bridgehead atoms. The van der Waals surface area contributed by atoms with E-state index in [1.165, 1.54) is 44.3 Å². The van der Waals surface area contributed by atoms with Crippen LogP contribution in [-0.4, -0.2) is 54.5 Å². The lowest BCUT2D eigenvalue weighted by Gasteiger charge is -2.36. The van der Waals surface area contributed by atoms with Crippen LogP contribution in [0.25, 0.3) is 0 Å². The minimum Gasteiger partial charge on any atom is -0.493 e. The van der Waals surface area contributed by atoms with E-state index in [1.54, 1.807) is 0 Å². The monoisotopic (exact) mass is 326 g/mol. The third kappa shape index (κ3) is 2.71. The van der Waals surface area contributed by atoms with E-state index in [0.717, 1.165) is 43.3 Å². The van der Waals surface area contributed by atoms with E-state index in [-0.39, 0.29) is 5.91 Å². The average Bonchev–Trinajstić information content (AvgIpc) is 3.36. The molecule has 4 aliphatic heterocycles. The fourth-order valence-corrected chi connectivity index (χ4v) is 4.70. The summed E-state index contributed by atoms with van der Waals surface area (Å²) in [6, 6.07) is 6.55. The molecule has 4 heterocycles. The Kier molecular flexibility index (Phi) is 3.55. The number of hydrogen-bond donors (Lipinski definition) is 0. The number of piperidine rings is 1. The van der Waals surface area contributed by atoms with Crippen LogP contribution in [0, 0.1) is 11.8 Å². The minimum absolute atomic E-state index is 0.217. The number of amides is 1. The Bertz CT molecular complexity index is 655. The van der Waals surface area contributed by atoms with Crippen LogP contribution in [-0.2, 0) is 6.42 Å². The van der Waals surface area contributed by atoms with E-state index in [0.29, 0.717) is 12.0 Å². The molecule has 1 saturated carbocycles. The van der Waals surface area contributed by atoms with Crippen LogP contribution in [0.3, 0.4) is 0 Å². The highest BCUT2D eigenvalue weighted by Crippen LogP contribution is 2.35. The molecule has 4 nitrogen and oxygen atoms in total. The molecule has 0 spiro atoms. The van der Waals surface area contributed by atoms with E-state index in [9.17, 15) is 4.79 Å². The predicted octanol–water partition coefficient (Wildman–Crippen LogP) is 2.57. The molecule has 4 heteroatoms. The molecule has 1 aromatic rings. The molecule has 1 aliphatic carbocycles. The van der Waals surface area contributed by atoms with Crippen LogP contribution in [0.5, 0.6) is 5.75 Å². The molecule has 1 aromatic carbocycles. The second kappa shape index (κ2) is 5.76. The van der Waals surface area contributed by atoms with Crippen LogP contribution in [0.4, 0.5) is 0 Å². The number of benzene rings is 1. The van der Waals surface area contributed by atoms with Gasteiger partial charge in [-0.3, -0.25) is 9.69 Å². The lowest BCUT2D eigenvalue weighted by atomic mass is 9.95. The van der Waals surface area contributed by atoms with Crippen molar-refractivity contribution in [2.24, 2.45) is 11.8 Å². The van der Waals surface area contributed by atoms with Gasteiger partial charge in [0.25, 0.3) is 5.91 Å². The number of carbonyl (C=O) groups is 1. The van der Waals surface area contributed by atoms with Crippen LogP contribution < -0.4 is 4.74 Å². The van der Waals surface area contributed by atoms with Gasteiger partial charge in [0, 0.05) is 44.2 Å². The summed E-state index contributed by atoms with van der Waals surface area (Å²) >= 11 is 0. The van der Waals surface area contributed by atoms with Gasteiger partial charge >= 0.3 is 0 Å². The molecule has 0 N–H and O–H groups in total. The third-order valence-electron chi connectivity index (χ3n) is 6.24. The largest absolute Gasteiger partial charge is 0.493 e. The van der Waals surface area contributed by atoms with Gasteiger partial charge in [0.2, 0.25) is 0 Å². The zero-order valence-corrected chi connectivity index (χ0v) is 14.2. The number of hydrogen-bond acceptors (Lipinski definition) is 3. The Morgan fingerprint density at radius 2 is 2.04 bits per heavy atom. The molecule has 6 rings (SSSR count). The first-order valence-electron chi connectivity index (χ1n) is 9.55. The highest BCUT2D eigenvalue weighted by Gasteiger charge is 2.38. The molecule has 1 amide bonds. The first kappa shape index (κ1) is 14.8. The van der Waals surface area contributed by atoms with E-state index in [4.69, 9.17) is 4.74 Å². The summed E-state index contributed by atoms with van der Waals surface area (Å²) < 4.78 is 5.57. The summed E-state index contributed by atoms with van der Waals surface area (Å²) in [5, 5.41) is 0. The number of nitrogens with zero attached hydrogens (tertiary/aromatic N) is 2. The van der Waals surface area contributed by atoms with Crippen molar-refractivity contribution in [1.29, 1.82) is 0 Å². The Hall–Kier alpha value is -1.55. The molecule has 4 fully saturated rings. The lowest BCUT2D eigenvalue weighted by Crippen LogP contribution is -2.45. The first-order chi connectivity index (χ1) is 11.8. The fourth-order valence-electron chi connectivity index (χ4n) is 4.70. The highest BCUT2D eigenvalue weighted by atomic mass is 16.5. The minimum atomic E-state index is 0.217. The highest BCUT2D eigenvalue weighted by molar-refractivity contribution is 5.94. The summed E-state index contributed by atoms with van der Waals surface area (Å²) in [6.45, 7) is 5.05. The average molecular weight is 326 g/mol. The van der Waals surface area contributed by atoms with Gasteiger partial charge in [-0.05, 0) is 61.3 Å². The Labute approximate surface area is 143 Å². The number of rotatable bonds is 3. The quantitative estimate of drug-likeness (QED) is 0.856. The standard InChI is InChI=1S/C20H26N2O2/c23-20(17-4-6-19-16(9-17)7-8-24-19)22-12-15-3-5-18(13-22)21(11-15)10-14-1-2-14/h4,6,9,14-15,18H,1-3,5,7-8,10-13H2/t15-,18-/m1/s1. The molecular formula is C20H26N2O2. The van der Waals surface area contributed by atoms with Crippen LogP contribution in [0.2, 0.25) is 0 Å². The molecular weight excluding hydrogens is 300 g/mol. The Balaban J connectivity index is 1.34. The van der Waals surface area contributed by atoms with Gasteiger partial charge in [0.1, 0.15) is 5.75 Å². The van der Waals surface area contributed by atoms with E-state index in [2.05, 4.69) is 15.9 Å². The van der Waals surface area contributed by atoms with Gasteiger partial charge in [-0.25, -0.2) is 0 Å². The van der Waals surface area contributed by atoms with Gasteiger partial charge in [0.05, 0.1) is 6.61 Å². The molecule has 0 radical (unpaired) electrons. The van der Waals surface area contributed by atoms with Crippen molar-refractivity contribution in [1.82, 2.24) is 9.80 Å². The molecule has 3 saturated heterocycles. The second-order valence-corrected chi connectivity index (χ2v) is 8.13. The molecule has 0 unspecified atom stereocenters. The summed E-state index contributed by atoms with van der Waals surface area (Å²) in [5.74, 6) is 2.77. The molecule has 0 aromatic heterocycles. The van der Waals surface area contributed by atoms with E-state index >= 15 is 0 Å². The molecule has 2 atom stereocenters. The Morgan fingerprint density at radius 1 is 1.12 bits per heavy atom. The third-order valence-corrected chi connectivity index (χ3v) is 6.24. The number of carbonyl (C=O) groups excluding carboxylic acids is 1. The van der Waals surface area contributed by atoms with Gasteiger partial charge in [-0.15, -0.1) is 0 Å². The smallest absolute Gasteiger partial charge is 0.253 e. The van der Waals surface area contributed by atoms with Gasteiger partial charge in [-0.2, -0.15) is 0 Å². The van der Waals surface area contributed by atoms with E-state index < -0.39 is 0 Å². The zero-order valence-electron chi connectivity index (χ0n) is 14.2. The van der Waals surface area contributed by atoms with Crippen LogP contribution in [0.15, 0.2) is 18.2 Å². The lowest BCUT2D eigenvalue weighted by molar-refractivity contribution is 0.0736. The van der Waals surface area contributed by atoms with Gasteiger partial charge in [0.15, 0.2) is 0 Å². The number of ether oxygens (including phenoxy) is 1. The van der Waals surface area contributed by atoms with Crippen molar-refractivity contribution in [3.05, 3.63) is 29.3 Å². The number of fused-ring (bicyclic) bond motifs is 5. The summed E-state index contributed by atoms with van der Waals surface area (Å²) in [5.41, 5.74) is 2.03.